The second kappa shape index (κ2) is 7.96. The molecule has 5 nitrogen and oxygen atoms in total. The Morgan fingerprint density at radius 2 is 1.74 bits per heavy atom. The number of ether oxygens (including phenoxy) is 2. The van der Waals surface area contributed by atoms with E-state index in [2.05, 4.69) is 0 Å². The number of aliphatic carboxylic acids is 1. The minimum absolute atomic E-state index is 0.0679. The van der Waals surface area contributed by atoms with Gasteiger partial charge in [-0.15, -0.1) is 0 Å². The van der Waals surface area contributed by atoms with E-state index in [1.807, 2.05) is 11.8 Å². The monoisotopic (exact) mass is 373 g/mol. The van der Waals surface area contributed by atoms with Crippen molar-refractivity contribution in [2.45, 2.75) is 31.3 Å². The summed E-state index contributed by atoms with van der Waals surface area (Å²) in [6.07, 6.45) is 0.816. The van der Waals surface area contributed by atoms with Gasteiger partial charge in [0.15, 0.2) is 0 Å². The third-order valence-electron chi connectivity index (χ3n) is 5.22. The molecular formula is C21H24FNO4. The Labute approximate surface area is 158 Å². The van der Waals surface area contributed by atoms with Gasteiger partial charge in [0, 0.05) is 18.7 Å². The smallest absolute Gasteiger partial charge is 0.325 e. The van der Waals surface area contributed by atoms with E-state index in [0.29, 0.717) is 23.6 Å². The second-order valence-electron chi connectivity index (χ2n) is 6.92. The van der Waals surface area contributed by atoms with Crippen LogP contribution in [0.1, 0.15) is 36.4 Å². The Morgan fingerprint density at radius 1 is 1.15 bits per heavy atom. The van der Waals surface area contributed by atoms with Gasteiger partial charge in [-0.1, -0.05) is 12.1 Å². The average molecular weight is 373 g/mol. The van der Waals surface area contributed by atoms with Crippen LogP contribution in [0.4, 0.5) is 4.39 Å². The van der Waals surface area contributed by atoms with E-state index in [4.69, 9.17) is 9.47 Å². The molecule has 144 valence electrons. The normalized spacial score (nSPS) is 21.0. The van der Waals surface area contributed by atoms with E-state index >= 15 is 0 Å². The maximum absolute atomic E-state index is 13.2. The lowest BCUT2D eigenvalue weighted by Gasteiger charge is -2.29. The Kier molecular flexibility index (Phi) is 5.65. The topological polar surface area (TPSA) is 59.0 Å². The Bertz CT molecular complexity index is 786. The van der Waals surface area contributed by atoms with E-state index in [9.17, 15) is 14.3 Å². The fourth-order valence-corrected chi connectivity index (χ4v) is 3.86. The molecule has 3 rings (SSSR count). The number of carbonyl (C=O) groups is 1. The molecule has 1 aliphatic rings. The van der Waals surface area contributed by atoms with Crippen molar-refractivity contribution in [3.63, 3.8) is 0 Å². The van der Waals surface area contributed by atoms with E-state index in [1.165, 1.54) is 26.4 Å². The van der Waals surface area contributed by atoms with Crippen molar-refractivity contribution in [3.05, 3.63) is 59.4 Å². The van der Waals surface area contributed by atoms with Crippen molar-refractivity contribution >= 4 is 5.97 Å². The predicted molar refractivity (Wildman–Crippen MR) is 99.8 cm³/mol. The van der Waals surface area contributed by atoms with Gasteiger partial charge in [-0.25, -0.2) is 4.39 Å². The third kappa shape index (κ3) is 4.06. The first-order chi connectivity index (χ1) is 12.9. The molecule has 1 heterocycles. The van der Waals surface area contributed by atoms with Crippen molar-refractivity contribution in [3.8, 4) is 11.5 Å². The number of methoxy groups -OCH3 is 2. The molecular weight excluding hydrogens is 349 g/mol. The van der Waals surface area contributed by atoms with Crippen molar-refractivity contribution < 1.29 is 23.8 Å². The Hall–Kier alpha value is -2.60. The number of nitrogens with zero attached hydrogens (tertiary/aromatic N) is 1. The average Bonchev–Trinajstić information content (AvgIpc) is 3.03. The van der Waals surface area contributed by atoms with Crippen LogP contribution < -0.4 is 9.47 Å². The molecule has 0 spiro atoms. The molecule has 0 radical (unpaired) electrons. The van der Waals surface area contributed by atoms with E-state index in [1.54, 1.807) is 30.3 Å². The van der Waals surface area contributed by atoms with Gasteiger partial charge in [-0.2, -0.15) is 0 Å². The number of rotatable bonds is 6. The van der Waals surface area contributed by atoms with Gasteiger partial charge < -0.3 is 14.6 Å². The largest absolute Gasteiger partial charge is 0.497 e. The zero-order valence-corrected chi connectivity index (χ0v) is 15.7. The van der Waals surface area contributed by atoms with Crippen molar-refractivity contribution in [1.29, 1.82) is 0 Å². The highest BCUT2D eigenvalue weighted by molar-refractivity contribution is 5.76. The Balaban J connectivity index is 1.91. The van der Waals surface area contributed by atoms with Crippen LogP contribution >= 0.6 is 0 Å². The van der Waals surface area contributed by atoms with Gasteiger partial charge in [0.25, 0.3) is 0 Å². The fourth-order valence-electron chi connectivity index (χ4n) is 3.86. The van der Waals surface area contributed by atoms with Crippen molar-refractivity contribution in [1.82, 2.24) is 4.90 Å². The zero-order valence-electron chi connectivity index (χ0n) is 15.7. The van der Waals surface area contributed by atoms with E-state index < -0.39 is 12.0 Å². The van der Waals surface area contributed by atoms with Gasteiger partial charge in [-0.05, 0) is 54.7 Å². The molecule has 0 saturated carbocycles. The summed E-state index contributed by atoms with van der Waals surface area (Å²) in [6.45, 7) is 2.61. The molecule has 0 bridgehead atoms. The lowest BCUT2D eigenvalue weighted by atomic mass is 9.97. The summed E-state index contributed by atoms with van der Waals surface area (Å²) in [4.78, 5) is 14.1. The van der Waals surface area contributed by atoms with Crippen LogP contribution in [0.5, 0.6) is 11.5 Å². The summed E-state index contributed by atoms with van der Waals surface area (Å²) in [5.41, 5.74) is 1.64. The predicted octanol–water partition coefficient (Wildman–Crippen LogP) is 3.85. The van der Waals surface area contributed by atoms with Gasteiger partial charge in [0.05, 0.1) is 14.2 Å². The van der Waals surface area contributed by atoms with E-state index in [0.717, 1.165) is 12.0 Å². The number of hydrogen-bond donors (Lipinski definition) is 1. The molecule has 0 amide bonds. The highest BCUT2D eigenvalue weighted by Crippen LogP contribution is 2.39. The zero-order chi connectivity index (χ0) is 19.6. The molecule has 27 heavy (non-hydrogen) atoms. The van der Waals surface area contributed by atoms with Gasteiger partial charge in [0.1, 0.15) is 23.4 Å². The standard InChI is InChI=1S/C21H24FNO4/c1-13-8-16(14-4-6-17(22)7-5-14)12-23(13)20(21(24)25)15-9-18(26-2)11-19(10-15)27-3/h4-7,9-11,13,16,20H,8,12H2,1-3H3,(H,24,25). The molecule has 1 aliphatic heterocycles. The lowest BCUT2D eigenvalue weighted by Crippen LogP contribution is -2.36. The quantitative estimate of drug-likeness (QED) is 0.834. The highest BCUT2D eigenvalue weighted by atomic mass is 19.1. The van der Waals surface area contributed by atoms with Gasteiger partial charge >= 0.3 is 5.97 Å². The van der Waals surface area contributed by atoms with Crippen molar-refractivity contribution in [2.24, 2.45) is 0 Å². The van der Waals surface area contributed by atoms with Gasteiger partial charge in [-0.3, -0.25) is 9.69 Å². The number of hydrogen-bond acceptors (Lipinski definition) is 4. The number of benzene rings is 2. The summed E-state index contributed by atoms with van der Waals surface area (Å²) in [6, 6.07) is 10.9. The minimum atomic E-state index is -0.920. The molecule has 2 aromatic carbocycles. The molecule has 2 aromatic rings. The maximum atomic E-state index is 13.2. The molecule has 0 aliphatic carbocycles. The molecule has 1 N–H and O–H groups in total. The minimum Gasteiger partial charge on any atom is -0.497 e. The van der Waals surface area contributed by atoms with Crippen LogP contribution in [0.15, 0.2) is 42.5 Å². The lowest BCUT2D eigenvalue weighted by molar-refractivity contribution is -0.144. The number of carboxylic acids is 1. The third-order valence-corrected chi connectivity index (χ3v) is 5.22. The van der Waals surface area contributed by atoms with Crippen LogP contribution in [-0.2, 0) is 4.79 Å². The molecule has 3 atom stereocenters. The van der Waals surface area contributed by atoms with E-state index in [-0.39, 0.29) is 17.8 Å². The van der Waals surface area contributed by atoms with Crippen molar-refractivity contribution in [2.75, 3.05) is 20.8 Å². The molecule has 1 fully saturated rings. The molecule has 3 unspecified atom stereocenters. The number of carboxylic acid groups (broad SMARTS) is 1. The maximum Gasteiger partial charge on any atom is 0.325 e. The summed E-state index contributed by atoms with van der Waals surface area (Å²) in [7, 11) is 3.08. The van der Waals surface area contributed by atoms with Crippen LogP contribution in [0.2, 0.25) is 0 Å². The summed E-state index contributed by atoms with van der Waals surface area (Å²) in [5, 5.41) is 9.95. The first-order valence-corrected chi connectivity index (χ1v) is 8.90. The molecule has 1 saturated heterocycles. The number of likely N-dealkylation sites (tertiary alicyclic amines) is 1. The highest BCUT2D eigenvalue weighted by Gasteiger charge is 2.39. The number of halogens is 1. The van der Waals surface area contributed by atoms with Gasteiger partial charge in [0.2, 0.25) is 0 Å². The first kappa shape index (κ1) is 19.2. The SMILES string of the molecule is COc1cc(OC)cc(C(C(=O)O)N2CC(c3ccc(F)cc3)CC2C)c1. The Morgan fingerprint density at radius 3 is 2.26 bits per heavy atom. The molecule has 0 aromatic heterocycles. The molecule has 6 heteroatoms. The second-order valence-corrected chi connectivity index (χ2v) is 6.92. The van der Waals surface area contributed by atoms with Crippen LogP contribution in [0.25, 0.3) is 0 Å². The van der Waals surface area contributed by atoms with Crippen LogP contribution in [0.3, 0.4) is 0 Å². The fraction of sp³-hybridized carbons (Fsp3) is 0.381. The summed E-state index contributed by atoms with van der Waals surface area (Å²) >= 11 is 0. The summed E-state index contributed by atoms with van der Waals surface area (Å²) < 4.78 is 23.8. The van der Waals surface area contributed by atoms with Crippen LogP contribution in [0, 0.1) is 5.82 Å². The first-order valence-electron chi connectivity index (χ1n) is 8.90. The summed E-state index contributed by atoms with van der Waals surface area (Å²) in [5.74, 6) is 0.0791. The van der Waals surface area contributed by atoms with Crippen LogP contribution in [-0.4, -0.2) is 42.8 Å².